The molecule has 0 aromatic carbocycles. The normalized spacial score (nSPS) is 25.8. The average molecular weight is 314 g/mol. The van der Waals surface area contributed by atoms with Gasteiger partial charge in [0, 0.05) is 17.0 Å². The number of nitrogens with one attached hydrogen (secondary N) is 1. The van der Waals surface area contributed by atoms with E-state index in [-0.39, 0.29) is 0 Å². The third kappa shape index (κ3) is 2.77. The van der Waals surface area contributed by atoms with Crippen LogP contribution < -0.4 is 5.32 Å². The highest BCUT2D eigenvalue weighted by molar-refractivity contribution is 9.11. The molecule has 1 atom stereocenters. The average Bonchev–Trinajstić information content (AvgIpc) is 2.72. The molecule has 1 nitrogen and oxygen atoms in total. The molecule has 1 N–H and O–H groups in total. The zero-order valence-electron chi connectivity index (χ0n) is 10.2. The molecule has 1 aromatic rings. The minimum atomic E-state index is 0.629. The fourth-order valence-electron chi connectivity index (χ4n) is 3.25. The molecule has 0 aliphatic heterocycles. The van der Waals surface area contributed by atoms with Gasteiger partial charge in [0.25, 0.3) is 0 Å². The molecule has 0 amide bonds. The SMILES string of the molecule is Brc1cc2c(s1)CCCC2NC1CCCCC1. The van der Waals surface area contributed by atoms with Gasteiger partial charge in [-0.2, -0.15) is 0 Å². The maximum absolute atomic E-state index is 3.91. The molecule has 17 heavy (non-hydrogen) atoms. The van der Waals surface area contributed by atoms with Crippen molar-refractivity contribution in [1.29, 1.82) is 0 Å². The summed E-state index contributed by atoms with van der Waals surface area (Å²) in [5.41, 5.74) is 1.58. The number of thiophene rings is 1. The number of aryl methyl sites for hydroxylation is 1. The molecule has 1 unspecified atom stereocenters. The first-order valence-corrected chi connectivity index (χ1v) is 8.48. The molecule has 1 fully saturated rings. The van der Waals surface area contributed by atoms with Crippen LogP contribution in [0, 0.1) is 0 Å². The topological polar surface area (TPSA) is 12.0 Å². The number of halogens is 1. The first-order chi connectivity index (χ1) is 8.33. The summed E-state index contributed by atoms with van der Waals surface area (Å²) in [6.07, 6.45) is 11.0. The zero-order valence-corrected chi connectivity index (χ0v) is 12.6. The summed E-state index contributed by atoms with van der Waals surface area (Å²) >= 11 is 5.57. The van der Waals surface area contributed by atoms with E-state index in [9.17, 15) is 0 Å². The van der Waals surface area contributed by atoms with Crippen molar-refractivity contribution in [3.63, 3.8) is 0 Å². The molecule has 1 aromatic heterocycles. The summed E-state index contributed by atoms with van der Waals surface area (Å²) in [5, 5.41) is 3.91. The van der Waals surface area contributed by atoms with Gasteiger partial charge in [-0.05, 0) is 59.7 Å². The highest BCUT2D eigenvalue weighted by Gasteiger charge is 2.25. The van der Waals surface area contributed by atoms with Gasteiger partial charge in [0.15, 0.2) is 0 Å². The third-order valence-electron chi connectivity index (χ3n) is 4.13. The minimum absolute atomic E-state index is 0.629. The molecule has 0 spiro atoms. The highest BCUT2D eigenvalue weighted by Crippen LogP contribution is 2.38. The van der Waals surface area contributed by atoms with Crippen LogP contribution in [0.4, 0.5) is 0 Å². The van der Waals surface area contributed by atoms with Crippen molar-refractivity contribution in [3.8, 4) is 0 Å². The Balaban J connectivity index is 1.71. The van der Waals surface area contributed by atoms with Gasteiger partial charge in [-0.15, -0.1) is 11.3 Å². The van der Waals surface area contributed by atoms with Crippen LogP contribution in [-0.4, -0.2) is 6.04 Å². The molecule has 2 aliphatic rings. The van der Waals surface area contributed by atoms with Crippen LogP contribution in [0.25, 0.3) is 0 Å². The molecule has 0 radical (unpaired) electrons. The summed E-state index contributed by atoms with van der Waals surface area (Å²) in [6.45, 7) is 0. The van der Waals surface area contributed by atoms with Crippen LogP contribution in [0.15, 0.2) is 9.85 Å². The smallest absolute Gasteiger partial charge is 0.0704 e. The van der Waals surface area contributed by atoms with Gasteiger partial charge in [0.1, 0.15) is 0 Å². The lowest BCUT2D eigenvalue weighted by atomic mass is 9.90. The van der Waals surface area contributed by atoms with Gasteiger partial charge >= 0.3 is 0 Å². The zero-order chi connectivity index (χ0) is 11.7. The summed E-state index contributed by atoms with van der Waals surface area (Å²) < 4.78 is 1.31. The second-order valence-electron chi connectivity index (χ2n) is 5.38. The Morgan fingerprint density at radius 2 is 1.94 bits per heavy atom. The Morgan fingerprint density at radius 1 is 1.12 bits per heavy atom. The Bertz CT molecular complexity index is 382. The number of rotatable bonds is 2. The maximum Gasteiger partial charge on any atom is 0.0704 e. The fourth-order valence-corrected chi connectivity index (χ4v) is 5.07. The minimum Gasteiger partial charge on any atom is -0.307 e. The van der Waals surface area contributed by atoms with Crippen molar-refractivity contribution in [3.05, 3.63) is 20.3 Å². The lowest BCUT2D eigenvalue weighted by Crippen LogP contribution is -2.35. The quantitative estimate of drug-likeness (QED) is 0.826. The van der Waals surface area contributed by atoms with E-state index in [1.54, 1.807) is 10.4 Å². The van der Waals surface area contributed by atoms with E-state index >= 15 is 0 Å². The Morgan fingerprint density at radius 3 is 2.76 bits per heavy atom. The van der Waals surface area contributed by atoms with Gasteiger partial charge in [-0.3, -0.25) is 0 Å². The summed E-state index contributed by atoms with van der Waals surface area (Å²) in [5.74, 6) is 0. The van der Waals surface area contributed by atoms with Crippen LogP contribution in [-0.2, 0) is 6.42 Å². The summed E-state index contributed by atoms with van der Waals surface area (Å²) in [6, 6.07) is 3.75. The molecule has 94 valence electrons. The number of fused-ring (bicyclic) bond motifs is 1. The lowest BCUT2D eigenvalue weighted by Gasteiger charge is -2.31. The molecule has 1 heterocycles. The van der Waals surface area contributed by atoms with Crippen molar-refractivity contribution in [2.45, 2.75) is 63.5 Å². The Labute approximate surface area is 116 Å². The predicted octanol–water partition coefficient (Wildman–Crippen LogP) is 4.81. The molecule has 1 saturated carbocycles. The molecule has 3 heteroatoms. The van der Waals surface area contributed by atoms with Gasteiger partial charge in [-0.1, -0.05) is 19.3 Å². The van der Waals surface area contributed by atoms with Crippen molar-refractivity contribution < 1.29 is 0 Å². The van der Waals surface area contributed by atoms with Crippen molar-refractivity contribution in [2.24, 2.45) is 0 Å². The van der Waals surface area contributed by atoms with Gasteiger partial charge in [-0.25, -0.2) is 0 Å². The van der Waals surface area contributed by atoms with Crippen LogP contribution >= 0.6 is 27.3 Å². The first-order valence-electron chi connectivity index (χ1n) is 6.87. The lowest BCUT2D eigenvalue weighted by molar-refractivity contribution is 0.322. The van der Waals surface area contributed by atoms with Gasteiger partial charge in [0.05, 0.1) is 3.79 Å². The van der Waals surface area contributed by atoms with E-state index in [2.05, 4.69) is 27.3 Å². The molecule has 3 rings (SSSR count). The molecule has 0 bridgehead atoms. The van der Waals surface area contributed by atoms with E-state index in [1.165, 1.54) is 55.2 Å². The second kappa shape index (κ2) is 5.41. The van der Waals surface area contributed by atoms with Crippen LogP contribution in [0.1, 0.15) is 61.4 Å². The van der Waals surface area contributed by atoms with E-state index in [0.717, 1.165) is 6.04 Å². The molecular weight excluding hydrogens is 294 g/mol. The van der Waals surface area contributed by atoms with E-state index in [4.69, 9.17) is 0 Å². The number of hydrogen-bond acceptors (Lipinski definition) is 2. The van der Waals surface area contributed by atoms with E-state index < -0.39 is 0 Å². The van der Waals surface area contributed by atoms with E-state index in [0.29, 0.717) is 6.04 Å². The summed E-state index contributed by atoms with van der Waals surface area (Å²) in [7, 11) is 0. The third-order valence-corrected chi connectivity index (χ3v) is 5.84. The highest BCUT2D eigenvalue weighted by atomic mass is 79.9. The van der Waals surface area contributed by atoms with Crippen molar-refractivity contribution >= 4 is 27.3 Å². The van der Waals surface area contributed by atoms with Crippen LogP contribution in [0.2, 0.25) is 0 Å². The molecule has 2 aliphatic carbocycles. The Kier molecular flexibility index (Phi) is 3.88. The van der Waals surface area contributed by atoms with Crippen LogP contribution in [0.3, 0.4) is 0 Å². The summed E-state index contributed by atoms with van der Waals surface area (Å²) in [4.78, 5) is 1.61. The largest absolute Gasteiger partial charge is 0.307 e. The monoisotopic (exact) mass is 313 g/mol. The Hall–Kier alpha value is 0.140. The van der Waals surface area contributed by atoms with Crippen LogP contribution in [0.5, 0.6) is 0 Å². The second-order valence-corrected chi connectivity index (χ2v) is 7.89. The standard InChI is InChI=1S/C14H20BrNS/c15-14-9-11-12(7-4-8-13(11)17-14)16-10-5-2-1-3-6-10/h9-10,12,16H,1-8H2. The van der Waals surface area contributed by atoms with Crippen molar-refractivity contribution in [1.82, 2.24) is 5.32 Å². The van der Waals surface area contributed by atoms with E-state index in [1.807, 2.05) is 11.3 Å². The predicted molar refractivity (Wildman–Crippen MR) is 77.7 cm³/mol. The maximum atomic E-state index is 3.91. The fraction of sp³-hybridized carbons (Fsp3) is 0.714. The van der Waals surface area contributed by atoms with Crippen molar-refractivity contribution in [2.75, 3.05) is 0 Å². The first kappa shape index (κ1) is 12.2. The molecular formula is C14H20BrNS. The molecule has 0 saturated heterocycles. The van der Waals surface area contributed by atoms with Gasteiger partial charge < -0.3 is 5.32 Å². The number of hydrogen-bond donors (Lipinski definition) is 1. The van der Waals surface area contributed by atoms with Gasteiger partial charge in [0.2, 0.25) is 0 Å².